The fourth-order valence-corrected chi connectivity index (χ4v) is 4.01. The Labute approximate surface area is 130 Å². The Bertz CT molecular complexity index is 519. The third kappa shape index (κ3) is 3.13. The molecular formula is C17H22N2OS. The first kappa shape index (κ1) is 14.6. The number of amides is 1. The van der Waals surface area contributed by atoms with Crippen LogP contribution >= 0.6 is 11.3 Å². The van der Waals surface area contributed by atoms with Gasteiger partial charge in [-0.3, -0.25) is 4.79 Å². The van der Waals surface area contributed by atoms with E-state index in [2.05, 4.69) is 17.5 Å². The summed E-state index contributed by atoms with van der Waals surface area (Å²) in [6.45, 7) is 0.685. The minimum Gasteiger partial charge on any atom is -0.333 e. The zero-order valence-corrected chi connectivity index (χ0v) is 13.2. The van der Waals surface area contributed by atoms with Gasteiger partial charge in [-0.05, 0) is 37.1 Å². The first-order valence-electron chi connectivity index (χ1n) is 8.00. The van der Waals surface area contributed by atoms with Crippen LogP contribution in [0.1, 0.15) is 56.2 Å². The summed E-state index contributed by atoms with van der Waals surface area (Å²) >= 11 is 1.69. The first-order chi connectivity index (χ1) is 10.2. The van der Waals surface area contributed by atoms with E-state index in [1.807, 2.05) is 11.0 Å². The fraction of sp³-hybridized carbons (Fsp3) is 0.647. The summed E-state index contributed by atoms with van der Waals surface area (Å²) in [4.78, 5) is 16.3. The van der Waals surface area contributed by atoms with Crippen molar-refractivity contribution in [2.45, 2.75) is 64.0 Å². The highest BCUT2D eigenvalue weighted by Gasteiger charge is 2.45. The van der Waals surface area contributed by atoms with E-state index in [9.17, 15) is 10.1 Å². The third-order valence-electron chi connectivity index (χ3n) is 4.74. The summed E-state index contributed by atoms with van der Waals surface area (Å²) in [6, 6.07) is 6.89. The number of nitriles is 1. The maximum Gasteiger partial charge on any atom is 0.243 e. The van der Waals surface area contributed by atoms with Crippen LogP contribution in [0.2, 0.25) is 0 Å². The van der Waals surface area contributed by atoms with Crippen LogP contribution in [0.3, 0.4) is 0 Å². The van der Waals surface area contributed by atoms with Crippen molar-refractivity contribution in [3.8, 4) is 6.07 Å². The summed E-state index contributed by atoms with van der Waals surface area (Å²) in [6.07, 6.45) is 8.02. The van der Waals surface area contributed by atoms with Crippen LogP contribution in [0.4, 0.5) is 0 Å². The van der Waals surface area contributed by atoms with Gasteiger partial charge < -0.3 is 4.90 Å². The van der Waals surface area contributed by atoms with Gasteiger partial charge in [-0.1, -0.05) is 31.7 Å². The van der Waals surface area contributed by atoms with Crippen LogP contribution in [-0.2, 0) is 11.3 Å². The monoisotopic (exact) mass is 302 g/mol. The van der Waals surface area contributed by atoms with E-state index < -0.39 is 5.41 Å². The molecule has 21 heavy (non-hydrogen) atoms. The maximum absolute atomic E-state index is 13.1. The second-order valence-corrected chi connectivity index (χ2v) is 7.38. The number of nitrogens with zero attached hydrogens (tertiary/aromatic N) is 2. The molecule has 2 aliphatic rings. The third-order valence-corrected chi connectivity index (χ3v) is 5.60. The average Bonchev–Trinajstić information content (AvgIpc) is 3.27. The van der Waals surface area contributed by atoms with Crippen molar-refractivity contribution in [2.24, 2.45) is 5.41 Å². The maximum atomic E-state index is 13.1. The largest absolute Gasteiger partial charge is 0.333 e. The Hall–Kier alpha value is -1.34. The van der Waals surface area contributed by atoms with Gasteiger partial charge in [0, 0.05) is 10.9 Å². The van der Waals surface area contributed by atoms with Gasteiger partial charge in [0.25, 0.3) is 0 Å². The van der Waals surface area contributed by atoms with Gasteiger partial charge in [0.1, 0.15) is 5.41 Å². The Morgan fingerprint density at radius 1 is 1.33 bits per heavy atom. The molecule has 0 bridgehead atoms. The lowest BCUT2D eigenvalue weighted by Crippen LogP contribution is -2.44. The van der Waals surface area contributed by atoms with Crippen molar-refractivity contribution in [2.75, 3.05) is 0 Å². The average molecular weight is 302 g/mol. The molecule has 2 saturated carbocycles. The van der Waals surface area contributed by atoms with Gasteiger partial charge in [-0.2, -0.15) is 5.26 Å². The van der Waals surface area contributed by atoms with E-state index in [1.54, 1.807) is 11.3 Å². The van der Waals surface area contributed by atoms with Gasteiger partial charge in [0.2, 0.25) is 5.91 Å². The quantitative estimate of drug-likeness (QED) is 0.786. The van der Waals surface area contributed by atoms with E-state index in [0.29, 0.717) is 12.6 Å². The smallest absolute Gasteiger partial charge is 0.243 e. The Balaban J connectivity index is 1.80. The normalized spacial score (nSPS) is 21.3. The molecule has 0 radical (unpaired) electrons. The summed E-state index contributed by atoms with van der Waals surface area (Å²) in [5.74, 6) is 0.0998. The van der Waals surface area contributed by atoms with Crippen molar-refractivity contribution < 1.29 is 4.79 Å². The van der Waals surface area contributed by atoms with Crippen LogP contribution in [0.15, 0.2) is 17.5 Å². The SMILES string of the molecule is N#CC1(C(=O)N(Cc2cccs2)C2CC2)CCCCCC1. The number of hydrogen-bond donors (Lipinski definition) is 0. The minimum atomic E-state index is -0.754. The van der Waals surface area contributed by atoms with Crippen molar-refractivity contribution >= 4 is 17.2 Å². The highest BCUT2D eigenvalue weighted by atomic mass is 32.1. The lowest BCUT2D eigenvalue weighted by Gasteiger charge is -2.32. The molecule has 0 aliphatic heterocycles. The molecule has 0 aromatic carbocycles. The molecule has 0 atom stereocenters. The molecule has 1 amide bonds. The molecule has 2 fully saturated rings. The lowest BCUT2D eigenvalue weighted by atomic mass is 9.80. The summed E-state index contributed by atoms with van der Waals surface area (Å²) in [5.41, 5.74) is -0.754. The van der Waals surface area contributed by atoms with E-state index >= 15 is 0 Å². The highest BCUT2D eigenvalue weighted by Crippen LogP contribution is 2.40. The van der Waals surface area contributed by atoms with E-state index in [0.717, 1.165) is 51.4 Å². The number of thiophene rings is 1. The number of hydrogen-bond acceptors (Lipinski definition) is 3. The molecule has 0 N–H and O–H groups in total. The number of carbonyl (C=O) groups is 1. The molecule has 0 saturated heterocycles. The van der Waals surface area contributed by atoms with Crippen LogP contribution in [-0.4, -0.2) is 16.8 Å². The lowest BCUT2D eigenvalue weighted by molar-refractivity contribution is -0.141. The van der Waals surface area contributed by atoms with Gasteiger partial charge in [-0.25, -0.2) is 0 Å². The Morgan fingerprint density at radius 2 is 2.05 bits per heavy atom. The molecule has 0 spiro atoms. The predicted molar refractivity (Wildman–Crippen MR) is 83.6 cm³/mol. The molecule has 112 valence electrons. The fourth-order valence-electron chi connectivity index (χ4n) is 3.30. The molecular weight excluding hydrogens is 280 g/mol. The molecule has 0 unspecified atom stereocenters. The van der Waals surface area contributed by atoms with Gasteiger partial charge in [-0.15, -0.1) is 11.3 Å². The van der Waals surface area contributed by atoms with Gasteiger partial charge in [0.15, 0.2) is 0 Å². The summed E-state index contributed by atoms with van der Waals surface area (Å²) < 4.78 is 0. The topological polar surface area (TPSA) is 44.1 Å². The second-order valence-electron chi connectivity index (χ2n) is 6.35. The Morgan fingerprint density at radius 3 is 2.57 bits per heavy atom. The molecule has 3 rings (SSSR count). The van der Waals surface area contributed by atoms with E-state index in [1.165, 1.54) is 4.88 Å². The van der Waals surface area contributed by atoms with Gasteiger partial charge >= 0.3 is 0 Å². The zero-order valence-electron chi connectivity index (χ0n) is 12.4. The second kappa shape index (κ2) is 6.19. The molecule has 1 heterocycles. The minimum absolute atomic E-state index is 0.0998. The standard InChI is InChI=1S/C17H22N2OS/c18-13-17(9-3-1-2-4-10-17)16(20)19(14-7-8-14)12-15-6-5-11-21-15/h5-6,11,14H,1-4,7-10,12H2. The van der Waals surface area contributed by atoms with Crippen LogP contribution in [0.25, 0.3) is 0 Å². The van der Waals surface area contributed by atoms with Crippen molar-refractivity contribution in [3.05, 3.63) is 22.4 Å². The molecule has 4 heteroatoms. The number of rotatable bonds is 4. The van der Waals surface area contributed by atoms with Crippen LogP contribution in [0, 0.1) is 16.7 Å². The van der Waals surface area contributed by atoms with E-state index in [4.69, 9.17) is 0 Å². The van der Waals surface area contributed by atoms with Crippen molar-refractivity contribution in [3.63, 3.8) is 0 Å². The predicted octanol–water partition coefficient (Wildman–Crippen LogP) is 4.10. The number of carbonyl (C=O) groups excluding carboxylic acids is 1. The Kier molecular flexibility index (Phi) is 4.30. The first-order valence-corrected chi connectivity index (χ1v) is 8.88. The summed E-state index contributed by atoms with van der Waals surface area (Å²) in [7, 11) is 0. The molecule has 2 aliphatic carbocycles. The summed E-state index contributed by atoms with van der Waals surface area (Å²) in [5, 5.41) is 11.8. The van der Waals surface area contributed by atoms with Crippen molar-refractivity contribution in [1.29, 1.82) is 5.26 Å². The highest BCUT2D eigenvalue weighted by molar-refractivity contribution is 7.09. The molecule has 1 aromatic rings. The molecule has 3 nitrogen and oxygen atoms in total. The molecule has 1 aromatic heterocycles. The zero-order chi connectivity index (χ0) is 14.7. The van der Waals surface area contributed by atoms with Crippen LogP contribution in [0.5, 0.6) is 0 Å². The van der Waals surface area contributed by atoms with Crippen LogP contribution < -0.4 is 0 Å². The van der Waals surface area contributed by atoms with Crippen molar-refractivity contribution in [1.82, 2.24) is 4.90 Å². The van der Waals surface area contributed by atoms with E-state index in [-0.39, 0.29) is 5.91 Å². The van der Waals surface area contributed by atoms with Gasteiger partial charge in [0.05, 0.1) is 12.6 Å².